The Labute approximate surface area is 133 Å². The predicted octanol–water partition coefficient (Wildman–Crippen LogP) is 2.19. The van der Waals surface area contributed by atoms with Gasteiger partial charge >= 0.3 is 5.97 Å². The van der Waals surface area contributed by atoms with Gasteiger partial charge in [0.25, 0.3) is 5.91 Å². The SMILES string of the molecule is CC1CCc2c(C(=O)N3CC(C(=O)O)O[C@H](C)C3)csc2C1. The Morgan fingerprint density at radius 1 is 1.36 bits per heavy atom. The Morgan fingerprint density at radius 2 is 2.14 bits per heavy atom. The third-order valence-corrected chi connectivity index (χ3v) is 5.51. The van der Waals surface area contributed by atoms with E-state index >= 15 is 0 Å². The summed E-state index contributed by atoms with van der Waals surface area (Å²) in [6.45, 7) is 4.62. The molecule has 1 fully saturated rings. The lowest BCUT2D eigenvalue weighted by atomic mass is 9.88. The number of aliphatic carboxylic acids is 1. The van der Waals surface area contributed by atoms with Crippen LogP contribution in [0.1, 0.15) is 41.1 Å². The highest BCUT2D eigenvalue weighted by Gasteiger charge is 2.34. The first-order valence-corrected chi connectivity index (χ1v) is 8.60. The van der Waals surface area contributed by atoms with Gasteiger partial charge in [-0.3, -0.25) is 4.79 Å². The van der Waals surface area contributed by atoms with Crippen molar-refractivity contribution in [3.05, 3.63) is 21.4 Å². The zero-order chi connectivity index (χ0) is 15.9. The van der Waals surface area contributed by atoms with Gasteiger partial charge in [-0.05, 0) is 37.7 Å². The Balaban J connectivity index is 1.80. The summed E-state index contributed by atoms with van der Waals surface area (Å²) >= 11 is 1.66. The molecule has 1 N–H and O–H groups in total. The summed E-state index contributed by atoms with van der Waals surface area (Å²) in [5.74, 6) is -0.382. The minimum absolute atomic E-state index is 0.0477. The average Bonchev–Trinajstić information content (AvgIpc) is 2.88. The monoisotopic (exact) mass is 323 g/mol. The van der Waals surface area contributed by atoms with Gasteiger partial charge < -0.3 is 14.7 Å². The molecule has 0 spiro atoms. The van der Waals surface area contributed by atoms with E-state index in [1.165, 1.54) is 10.4 Å². The van der Waals surface area contributed by atoms with E-state index in [1.807, 2.05) is 5.38 Å². The number of morpholine rings is 1. The first-order chi connectivity index (χ1) is 10.5. The molecule has 22 heavy (non-hydrogen) atoms. The number of amides is 1. The molecule has 5 nitrogen and oxygen atoms in total. The van der Waals surface area contributed by atoms with Crippen LogP contribution in [0.4, 0.5) is 0 Å². The number of carbonyl (C=O) groups excluding carboxylic acids is 1. The molecule has 6 heteroatoms. The van der Waals surface area contributed by atoms with Gasteiger partial charge in [0.1, 0.15) is 0 Å². The lowest BCUT2D eigenvalue weighted by Gasteiger charge is -2.35. The lowest BCUT2D eigenvalue weighted by Crippen LogP contribution is -2.51. The molecule has 1 amide bonds. The molecule has 0 bridgehead atoms. The van der Waals surface area contributed by atoms with Crippen LogP contribution in [0.3, 0.4) is 0 Å². The van der Waals surface area contributed by atoms with E-state index in [-0.39, 0.29) is 18.6 Å². The van der Waals surface area contributed by atoms with Crippen LogP contribution in [0.5, 0.6) is 0 Å². The molecule has 1 aliphatic heterocycles. The number of rotatable bonds is 2. The quantitative estimate of drug-likeness (QED) is 0.906. The van der Waals surface area contributed by atoms with Gasteiger partial charge in [-0.25, -0.2) is 4.79 Å². The maximum absolute atomic E-state index is 12.8. The van der Waals surface area contributed by atoms with E-state index < -0.39 is 12.1 Å². The van der Waals surface area contributed by atoms with E-state index in [0.717, 1.165) is 24.8 Å². The highest BCUT2D eigenvalue weighted by molar-refractivity contribution is 7.10. The van der Waals surface area contributed by atoms with Crippen molar-refractivity contribution in [1.82, 2.24) is 4.90 Å². The topological polar surface area (TPSA) is 66.8 Å². The second-order valence-electron chi connectivity index (χ2n) is 6.38. The molecule has 120 valence electrons. The highest BCUT2D eigenvalue weighted by Crippen LogP contribution is 2.33. The Hall–Kier alpha value is -1.40. The smallest absolute Gasteiger partial charge is 0.334 e. The molecular formula is C16H21NO4S. The molecule has 3 rings (SSSR count). The second-order valence-corrected chi connectivity index (χ2v) is 7.35. The van der Waals surface area contributed by atoms with E-state index in [4.69, 9.17) is 9.84 Å². The summed E-state index contributed by atoms with van der Waals surface area (Å²) in [5.41, 5.74) is 1.95. The average molecular weight is 323 g/mol. The highest BCUT2D eigenvalue weighted by atomic mass is 32.1. The number of carboxylic acids is 1. The van der Waals surface area contributed by atoms with Crippen molar-refractivity contribution in [3.8, 4) is 0 Å². The van der Waals surface area contributed by atoms with Crippen LogP contribution < -0.4 is 0 Å². The van der Waals surface area contributed by atoms with E-state index in [1.54, 1.807) is 23.2 Å². The number of hydrogen-bond acceptors (Lipinski definition) is 4. The predicted molar refractivity (Wildman–Crippen MR) is 83.4 cm³/mol. The van der Waals surface area contributed by atoms with Crippen LogP contribution in [0.15, 0.2) is 5.38 Å². The van der Waals surface area contributed by atoms with Crippen LogP contribution in [-0.2, 0) is 22.4 Å². The van der Waals surface area contributed by atoms with Gasteiger partial charge in [-0.15, -0.1) is 11.3 Å². The van der Waals surface area contributed by atoms with E-state index in [0.29, 0.717) is 12.5 Å². The molecule has 0 radical (unpaired) electrons. The number of thiophene rings is 1. The van der Waals surface area contributed by atoms with Gasteiger partial charge in [0.05, 0.1) is 18.2 Å². The van der Waals surface area contributed by atoms with Crippen molar-refractivity contribution in [2.45, 2.75) is 45.3 Å². The zero-order valence-corrected chi connectivity index (χ0v) is 13.7. The number of ether oxygens (including phenoxy) is 1. The normalized spacial score (nSPS) is 28.3. The molecule has 1 saturated heterocycles. The van der Waals surface area contributed by atoms with Gasteiger partial charge in [-0.2, -0.15) is 0 Å². The van der Waals surface area contributed by atoms with Crippen LogP contribution in [0.2, 0.25) is 0 Å². The maximum Gasteiger partial charge on any atom is 0.334 e. The van der Waals surface area contributed by atoms with Crippen molar-refractivity contribution in [2.75, 3.05) is 13.1 Å². The summed E-state index contributed by atoms with van der Waals surface area (Å²) in [6, 6.07) is 0. The number of hydrogen-bond donors (Lipinski definition) is 1. The van der Waals surface area contributed by atoms with Crippen LogP contribution in [-0.4, -0.2) is 47.2 Å². The molecule has 0 saturated carbocycles. The Morgan fingerprint density at radius 3 is 2.86 bits per heavy atom. The third kappa shape index (κ3) is 2.90. The van der Waals surface area contributed by atoms with E-state index in [9.17, 15) is 9.59 Å². The largest absolute Gasteiger partial charge is 0.479 e. The summed E-state index contributed by atoms with van der Waals surface area (Å²) < 4.78 is 5.38. The number of fused-ring (bicyclic) bond motifs is 1. The van der Waals surface area contributed by atoms with Crippen molar-refractivity contribution in [3.63, 3.8) is 0 Å². The molecule has 2 heterocycles. The van der Waals surface area contributed by atoms with E-state index in [2.05, 4.69) is 6.92 Å². The van der Waals surface area contributed by atoms with Crippen molar-refractivity contribution < 1.29 is 19.4 Å². The van der Waals surface area contributed by atoms with Gasteiger partial charge in [-0.1, -0.05) is 6.92 Å². The minimum Gasteiger partial charge on any atom is -0.479 e. The molecule has 3 atom stereocenters. The fourth-order valence-corrected chi connectivity index (χ4v) is 4.52. The van der Waals surface area contributed by atoms with Crippen LogP contribution >= 0.6 is 11.3 Å². The summed E-state index contributed by atoms with van der Waals surface area (Å²) in [5, 5.41) is 11.1. The molecular weight excluding hydrogens is 302 g/mol. The summed E-state index contributed by atoms with van der Waals surface area (Å²) in [4.78, 5) is 26.9. The summed E-state index contributed by atoms with van der Waals surface area (Å²) in [7, 11) is 0. The Bertz CT molecular complexity index is 597. The standard InChI is InChI=1S/C16H21NO4S/c1-9-3-4-11-12(8-22-14(11)5-9)15(18)17-6-10(2)21-13(7-17)16(19)20/h8-10,13H,3-7H2,1-2H3,(H,19,20)/t9?,10-,13?/m1/s1. The summed E-state index contributed by atoms with van der Waals surface area (Å²) in [6.07, 6.45) is 1.92. The maximum atomic E-state index is 12.8. The molecule has 1 aliphatic carbocycles. The van der Waals surface area contributed by atoms with Gasteiger partial charge in [0, 0.05) is 16.8 Å². The van der Waals surface area contributed by atoms with Gasteiger partial charge in [0.15, 0.2) is 6.10 Å². The molecule has 1 aromatic rings. The molecule has 2 aliphatic rings. The fraction of sp³-hybridized carbons (Fsp3) is 0.625. The Kier molecular flexibility index (Phi) is 4.23. The molecule has 0 aromatic carbocycles. The first kappa shape index (κ1) is 15.5. The number of nitrogens with zero attached hydrogens (tertiary/aromatic N) is 1. The molecule has 2 unspecified atom stereocenters. The van der Waals surface area contributed by atoms with Crippen molar-refractivity contribution in [2.24, 2.45) is 5.92 Å². The fourth-order valence-electron chi connectivity index (χ4n) is 3.28. The lowest BCUT2D eigenvalue weighted by molar-refractivity contribution is -0.160. The third-order valence-electron chi connectivity index (χ3n) is 4.46. The van der Waals surface area contributed by atoms with Crippen molar-refractivity contribution in [1.29, 1.82) is 0 Å². The second kappa shape index (κ2) is 6.01. The van der Waals surface area contributed by atoms with Crippen molar-refractivity contribution >= 4 is 23.2 Å². The van der Waals surface area contributed by atoms with Gasteiger partial charge in [0.2, 0.25) is 0 Å². The number of carboxylic acid groups (broad SMARTS) is 1. The van der Waals surface area contributed by atoms with Crippen LogP contribution in [0.25, 0.3) is 0 Å². The first-order valence-electron chi connectivity index (χ1n) is 7.72. The zero-order valence-electron chi connectivity index (χ0n) is 12.9. The van der Waals surface area contributed by atoms with Crippen LogP contribution in [0, 0.1) is 5.92 Å². The minimum atomic E-state index is -1.01. The number of carbonyl (C=O) groups is 2. The molecule has 1 aromatic heterocycles.